The van der Waals surface area contributed by atoms with Crippen molar-refractivity contribution in [2.24, 2.45) is 0 Å². The van der Waals surface area contributed by atoms with Crippen molar-refractivity contribution in [3.8, 4) is 11.3 Å². The minimum atomic E-state index is 0.0447. The standard InChI is InChI=1S/C24H37N2/c1-18-16-22(26(17-19(18)2)24(6,7)8)21-13-11-10-12-20(21)14-15-25(9)23(3,4)5/h10-13,16-17H,14-15H2,1-9H3/q+1. The van der Waals surface area contributed by atoms with Gasteiger partial charge in [0.1, 0.15) is 0 Å². The van der Waals surface area contributed by atoms with E-state index in [-0.39, 0.29) is 11.1 Å². The molecule has 2 rings (SSSR count). The first-order valence-corrected chi connectivity index (χ1v) is 9.74. The Morgan fingerprint density at radius 3 is 2.12 bits per heavy atom. The van der Waals surface area contributed by atoms with Crippen molar-refractivity contribution in [1.82, 2.24) is 4.90 Å². The number of hydrogen-bond acceptors (Lipinski definition) is 1. The highest BCUT2D eigenvalue weighted by Crippen LogP contribution is 2.26. The monoisotopic (exact) mass is 353 g/mol. The van der Waals surface area contributed by atoms with Gasteiger partial charge in [-0.15, -0.1) is 0 Å². The minimum absolute atomic E-state index is 0.0447. The van der Waals surface area contributed by atoms with Gasteiger partial charge in [-0.2, -0.15) is 4.57 Å². The molecule has 0 spiro atoms. The summed E-state index contributed by atoms with van der Waals surface area (Å²) in [6, 6.07) is 11.2. The summed E-state index contributed by atoms with van der Waals surface area (Å²) in [5.41, 5.74) is 7.02. The zero-order valence-electron chi connectivity index (χ0n) is 18.3. The van der Waals surface area contributed by atoms with E-state index < -0.39 is 0 Å². The molecule has 0 aliphatic heterocycles. The van der Waals surface area contributed by atoms with Gasteiger partial charge in [0.25, 0.3) is 0 Å². The summed E-state index contributed by atoms with van der Waals surface area (Å²) in [5, 5.41) is 0. The van der Waals surface area contributed by atoms with Crippen LogP contribution in [0.2, 0.25) is 0 Å². The second-order valence-electron chi connectivity index (χ2n) is 9.57. The van der Waals surface area contributed by atoms with Crippen LogP contribution in [0.5, 0.6) is 0 Å². The summed E-state index contributed by atoms with van der Waals surface area (Å²) in [4.78, 5) is 2.43. The summed E-state index contributed by atoms with van der Waals surface area (Å²) in [5.74, 6) is 0. The third kappa shape index (κ3) is 4.73. The molecule has 0 unspecified atom stereocenters. The number of aromatic nitrogens is 1. The Bertz CT molecular complexity index is 761. The molecule has 0 fully saturated rings. The van der Waals surface area contributed by atoms with Crippen molar-refractivity contribution in [3.63, 3.8) is 0 Å². The molecule has 1 heterocycles. The highest BCUT2D eigenvalue weighted by atomic mass is 15.1. The third-order valence-electron chi connectivity index (χ3n) is 5.44. The van der Waals surface area contributed by atoms with Crippen molar-refractivity contribution < 1.29 is 4.57 Å². The fourth-order valence-electron chi connectivity index (χ4n) is 3.13. The van der Waals surface area contributed by atoms with E-state index in [9.17, 15) is 0 Å². The number of likely N-dealkylation sites (N-methyl/N-ethyl adjacent to an activating group) is 1. The van der Waals surface area contributed by atoms with Crippen LogP contribution in [-0.4, -0.2) is 24.0 Å². The topological polar surface area (TPSA) is 7.12 Å². The minimum Gasteiger partial charge on any atom is -0.301 e. The average molecular weight is 354 g/mol. The molecule has 1 aromatic heterocycles. The Kier molecular flexibility index (Phi) is 5.97. The molecule has 1 aromatic carbocycles. The summed E-state index contributed by atoms with van der Waals surface area (Å²) in [6.45, 7) is 19.1. The zero-order valence-corrected chi connectivity index (χ0v) is 18.3. The second kappa shape index (κ2) is 7.52. The van der Waals surface area contributed by atoms with Crippen molar-refractivity contribution in [2.75, 3.05) is 13.6 Å². The summed E-state index contributed by atoms with van der Waals surface area (Å²) >= 11 is 0. The van der Waals surface area contributed by atoms with Gasteiger partial charge in [0.2, 0.25) is 5.69 Å². The lowest BCUT2D eigenvalue weighted by Gasteiger charge is -2.32. The van der Waals surface area contributed by atoms with E-state index in [2.05, 4.69) is 108 Å². The van der Waals surface area contributed by atoms with E-state index >= 15 is 0 Å². The van der Waals surface area contributed by atoms with Gasteiger partial charge in [-0.05, 0) is 65.3 Å². The Morgan fingerprint density at radius 2 is 1.54 bits per heavy atom. The molecular formula is C24H37N2+. The Balaban J connectivity index is 2.49. The van der Waals surface area contributed by atoms with E-state index in [1.54, 1.807) is 0 Å². The van der Waals surface area contributed by atoms with Gasteiger partial charge in [0.15, 0.2) is 11.7 Å². The summed E-state index contributed by atoms with van der Waals surface area (Å²) in [7, 11) is 2.22. The normalized spacial score (nSPS) is 12.7. The SMILES string of the molecule is Cc1cc(-c2ccccc2CCN(C)C(C)(C)C)[n+](C(C)(C)C)cc1C. The molecule has 0 aliphatic carbocycles. The van der Waals surface area contributed by atoms with Crippen LogP contribution >= 0.6 is 0 Å². The maximum absolute atomic E-state index is 2.43. The van der Waals surface area contributed by atoms with E-state index in [1.165, 1.54) is 27.9 Å². The second-order valence-corrected chi connectivity index (χ2v) is 9.57. The maximum Gasteiger partial charge on any atom is 0.213 e. The molecular weight excluding hydrogens is 316 g/mol. The van der Waals surface area contributed by atoms with Crippen LogP contribution < -0.4 is 4.57 Å². The van der Waals surface area contributed by atoms with Crippen molar-refractivity contribution in [3.05, 3.63) is 53.2 Å². The van der Waals surface area contributed by atoms with Gasteiger partial charge >= 0.3 is 0 Å². The molecule has 2 nitrogen and oxygen atoms in total. The quantitative estimate of drug-likeness (QED) is 0.678. The summed E-state index contributed by atoms with van der Waals surface area (Å²) < 4.78 is 2.43. The smallest absolute Gasteiger partial charge is 0.213 e. The number of rotatable bonds is 4. The number of aryl methyl sites for hydroxylation is 2. The molecule has 2 aromatic rings. The fourth-order valence-corrected chi connectivity index (χ4v) is 3.13. The number of hydrogen-bond donors (Lipinski definition) is 0. The van der Waals surface area contributed by atoms with Gasteiger partial charge in [-0.3, -0.25) is 0 Å². The molecule has 142 valence electrons. The first-order valence-electron chi connectivity index (χ1n) is 9.74. The Hall–Kier alpha value is -1.67. The predicted octanol–water partition coefficient (Wildman–Crippen LogP) is 5.29. The molecule has 0 saturated carbocycles. The molecule has 0 atom stereocenters. The maximum atomic E-state index is 2.43. The van der Waals surface area contributed by atoms with E-state index in [1.807, 2.05) is 0 Å². The Labute approximate surface area is 160 Å². The van der Waals surface area contributed by atoms with Crippen molar-refractivity contribution in [1.29, 1.82) is 0 Å². The number of benzene rings is 1. The fraction of sp³-hybridized carbons (Fsp3) is 0.542. The van der Waals surface area contributed by atoms with Crippen LogP contribution in [0.3, 0.4) is 0 Å². The van der Waals surface area contributed by atoms with Crippen LogP contribution in [0.15, 0.2) is 36.5 Å². The molecule has 0 amide bonds. The summed E-state index contributed by atoms with van der Waals surface area (Å²) in [6.07, 6.45) is 3.36. The number of nitrogens with zero attached hydrogens (tertiary/aromatic N) is 2. The third-order valence-corrected chi connectivity index (χ3v) is 5.44. The van der Waals surface area contributed by atoms with E-state index in [0.717, 1.165) is 13.0 Å². The average Bonchev–Trinajstić information content (AvgIpc) is 2.53. The van der Waals surface area contributed by atoms with Gasteiger partial charge in [0, 0.05) is 50.0 Å². The highest BCUT2D eigenvalue weighted by Gasteiger charge is 2.28. The molecule has 2 heteroatoms. The van der Waals surface area contributed by atoms with Crippen LogP contribution in [-0.2, 0) is 12.0 Å². The van der Waals surface area contributed by atoms with E-state index in [0.29, 0.717) is 0 Å². The predicted molar refractivity (Wildman–Crippen MR) is 113 cm³/mol. The molecule has 26 heavy (non-hydrogen) atoms. The largest absolute Gasteiger partial charge is 0.301 e. The van der Waals surface area contributed by atoms with Crippen molar-refractivity contribution in [2.45, 2.75) is 72.9 Å². The van der Waals surface area contributed by atoms with Gasteiger partial charge < -0.3 is 4.90 Å². The Morgan fingerprint density at radius 1 is 0.923 bits per heavy atom. The molecule has 0 N–H and O–H groups in total. The number of pyridine rings is 1. The highest BCUT2D eigenvalue weighted by molar-refractivity contribution is 5.62. The molecule has 0 radical (unpaired) electrons. The van der Waals surface area contributed by atoms with Crippen LogP contribution in [0.4, 0.5) is 0 Å². The van der Waals surface area contributed by atoms with Crippen LogP contribution in [0.1, 0.15) is 58.2 Å². The lowest BCUT2D eigenvalue weighted by Crippen LogP contribution is -2.52. The first-order chi connectivity index (χ1) is 11.9. The van der Waals surface area contributed by atoms with Crippen LogP contribution in [0, 0.1) is 13.8 Å². The van der Waals surface area contributed by atoms with Gasteiger partial charge in [-0.1, -0.05) is 18.2 Å². The molecule has 0 bridgehead atoms. The van der Waals surface area contributed by atoms with Gasteiger partial charge in [-0.25, -0.2) is 0 Å². The van der Waals surface area contributed by atoms with Crippen molar-refractivity contribution >= 4 is 0 Å². The first kappa shape index (κ1) is 20.6. The van der Waals surface area contributed by atoms with Gasteiger partial charge in [0.05, 0.1) is 0 Å². The van der Waals surface area contributed by atoms with Crippen LogP contribution in [0.25, 0.3) is 11.3 Å². The van der Waals surface area contributed by atoms with E-state index in [4.69, 9.17) is 0 Å². The molecule has 0 saturated heterocycles. The lowest BCUT2D eigenvalue weighted by molar-refractivity contribution is -0.744. The molecule has 0 aliphatic rings. The lowest BCUT2D eigenvalue weighted by atomic mass is 9.96. The zero-order chi connectivity index (χ0) is 19.7.